The Kier molecular flexibility index (Phi) is 5.55. The molecule has 4 rings (SSSR count). The topological polar surface area (TPSA) is 41.2 Å². The van der Waals surface area contributed by atoms with Gasteiger partial charge in [0, 0.05) is 30.4 Å². The lowest BCUT2D eigenvalue weighted by molar-refractivity contribution is 0.0239. The van der Waals surface area contributed by atoms with Crippen molar-refractivity contribution in [1.82, 2.24) is 15.1 Å². The number of hydrogen-bond donors (Lipinski definition) is 1. The molecule has 1 unspecified atom stereocenters. The van der Waals surface area contributed by atoms with Gasteiger partial charge in [0.05, 0.1) is 25.5 Å². The van der Waals surface area contributed by atoms with E-state index in [1.54, 1.807) is 6.07 Å². The molecule has 4 nitrogen and oxygen atoms in total. The minimum absolute atomic E-state index is 0.0642. The molecule has 0 radical (unpaired) electrons. The molecule has 3 aromatic rings. The molecule has 5 heteroatoms. The molecule has 1 N–H and O–H groups in total. The highest BCUT2D eigenvalue weighted by Gasteiger charge is 2.26. The molecular formula is C23H26FN3O. The Balaban J connectivity index is 1.84. The van der Waals surface area contributed by atoms with Crippen LogP contribution in [-0.2, 0) is 4.74 Å². The van der Waals surface area contributed by atoms with E-state index in [0.717, 1.165) is 48.6 Å². The molecule has 1 aliphatic heterocycles. The second kappa shape index (κ2) is 8.25. The van der Waals surface area contributed by atoms with Gasteiger partial charge in [-0.15, -0.1) is 0 Å². The predicted molar refractivity (Wildman–Crippen MR) is 109 cm³/mol. The smallest absolute Gasteiger partial charge is 0.131 e. The molecule has 1 aliphatic rings. The summed E-state index contributed by atoms with van der Waals surface area (Å²) >= 11 is 0. The minimum atomic E-state index is -0.187. The first-order valence-electron chi connectivity index (χ1n) is 9.84. The van der Waals surface area contributed by atoms with Crippen molar-refractivity contribution >= 4 is 0 Å². The number of aromatic amines is 1. The zero-order chi connectivity index (χ0) is 19.5. The number of nitrogens with zero attached hydrogens (tertiary/aromatic N) is 2. The number of H-pyrrole nitrogens is 1. The van der Waals surface area contributed by atoms with Crippen LogP contribution in [0.3, 0.4) is 0 Å². The van der Waals surface area contributed by atoms with Crippen LogP contribution in [0.15, 0.2) is 54.9 Å². The van der Waals surface area contributed by atoms with Gasteiger partial charge in [0.15, 0.2) is 0 Å². The van der Waals surface area contributed by atoms with E-state index in [1.165, 1.54) is 6.07 Å². The number of nitrogens with one attached hydrogen (secondary N) is 1. The molecule has 2 heterocycles. The van der Waals surface area contributed by atoms with Crippen LogP contribution in [0.4, 0.5) is 4.39 Å². The second-order valence-corrected chi connectivity index (χ2v) is 7.56. The highest BCUT2D eigenvalue weighted by Crippen LogP contribution is 2.36. The Morgan fingerprint density at radius 1 is 1.04 bits per heavy atom. The highest BCUT2D eigenvalue weighted by atomic mass is 19.1. The van der Waals surface area contributed by atoms with Crippen LogP contribution >= 0.6 is 0 Å². The van der Waals surface area contributed by atoms with E-state index < -0.39 is 0 Å². The molecule has 2 aromatic carbocycles. The van der Waals surface area contributed by atoms with Crippen LogP contribution in [0.2, 0.25) is 0 Å². The SMILES string of the molecule is CC(C)c1ccc(C(c2cn[nH]c2)N2CCOCC2)cc1-c1ccccc1F. The maximum atomic E-state index is 14.6. The van der Waals surface area contributed by atoms with Crippen molar-refractivity contribution in [3.05, 3.63) is 77.4 Å². The van der Waals surface area contributed by atoms with Crippen molar-refractivity contribution in [2.45, 2.75) is 25.8 Å². The number of morpholine rings is 1. The Labute approximate surface area is 165 Å². The maximum Gasteiger partial charge on any atom is 0.131 e. The Morgan fingerprint density at radius 2 is 1.82 bits per heavy atom. The summed E-state index contributed by atoms with van der Waals surface area (Å²) in [5.74, 6) is 0.118. The van der Waals surface area contributed by atoms with Crippen LogP contribution in [0.25, 0.3) is 11.1 Å². The van der Waals surface area contributed by atoms with Crippen molar-refractivity contribution < 1.29 is 9.13 Å². The molecule has 0 saturated carbocycles. The van der Waals surface area contributed by atoms with Gasteiger partial charge in [0.25, 0.3) is 0 Å². The predicted octanol–water partition coefficient (Wildman–Crippen LogP) is 4.76. The van der Waals surface area contributed by atoms with Crippen LogP contribution in [0.5, 0.6) is 0 Å². The molecule has 0 spiro atoms. The van der Waals surface area contributed by atoms with Gasteiger partial charge in [-0.25, -0.2) is 4.39 Å². The monoisotopic (exact) mass is 379 g/mol. The molecule has 1 saturated heterocycles. The maximum absolute atomic E-state index is 14.6. The first-order valence-corrected chi connectivity index (χ1v) is 9.84. The summed E-state index contributed by atoms with van der Waals surface area (Å²) in [6, 6.07) is 13.6. The third-order valence-electron chi connectivity index (χ3n) is 5.43. The fourth-order valence-corrected chi connectivity index (χ4v) is 4.02. The number of ether oxygens (including phenoxy) is 1. The van der Waals surface area contributed by atoms with Crippen LogP contribution in [-0.4, -0.2) is 41.4 Å². The van der Waals surface area contributed by atoms with Gasteiger partial charge in [0.1, 0.15) is 5.82 Å². The quantitative estimate of drug-likeness (QED) is 0.695. The van der Waals surface area contributed by atoms with Crippen molar-refractivity contribution in [1.29, 1.82) is 0 Å². The van der Waals surface area contributed by atoms with Crippen LogP contribution in [0, 0.1) is 5.82 Å². The minimum Gasteiger partial charge on any atom is -0.379 e. The fraction of sp³-hybridized carbons (Fsp3) is 0.348. The summed E-state index contributed by atoms with van der Waals surface area (Å²) < 4.78 is 20.2. The molecule has 1 fully saturated rings. The molecule has 1 aromatic heterocycles. The van der Waals surface area contributed by atoms with Gasteiger partial charge in [0.2, 0.25) is 0 Å². The van der Waals surface area contributed by atoms with E-state index in [9.17, 15) is 4.39 Å². The largest absolute Gasteiger partial charge is 0.379 e. The normalized spacial score (nSPS) is 16.4. The first-order chi connectivity index (χ1) is 13.6. The van der Waals surface area contributed by atoms with Gasteiger partial charge in [-0.1, -0.05) is 44.2 Å². The van der Waals surface area contributed by atoms with Crippen molar-refractivity contribution in [3.63, 3.8) is 0 Å². The zero-order valence-corrected chi connectivity index (χ0v) is 16.4. The Bertz CT molecular complexity index is 917. The third-order valence-corrected chi connectivity index (χ3v) is 5.43. The average Bonchev–Trinajstić information content (AvgIpc) is 3.23. The van der Waals surface area contributed by atoms with E-state index in [1.807, 2.05) is 24.5 Å². The van der Waals surface area contributed by atoms with Crippen molar-refractivity contribution in [2.24, 2.45) is 0 Å². The number of halogens is 1. The van der Waals surface area contributed by atoms with Gasteiger partial charge in [-0.05, 0) is 34.7 Å². The summed E-state index contributed by atoms with van der Waals surface area (Å²) in [4.78, 5) is 2.41. The second-order valence-electron chi connectivity index (χ2n) is 7.56. The number of rotatable bonds is 5. The lowest BCUT2D eigenvalue weighted by Gasteiger charge is -2.34. The molecule has 146 valence electrons. The molecule has 0 bridgehead atoms. The van der Waals surface area contributed by atoms with E-state index in [-0.39, 0.29) is 11.9 Å². The summed E-state index contributed by atoms with van der Waals surface area (Å²) in [5, 5.41) is 7.10. The summed E-state index contributed by atoms with van der Waals surface area (Å²) in [6.07, 6.45) is 3.82. The first kappa shape index (κ1) is 18.8. The van der Waals surface area contributed by atoms with Crippen LogP contribution < -0.4 is 0 Å². The van der Waals surface area contributed by atoms with E-state index >= 15 is 0 Å². The van der Waals surface area contributed by atoms with Gasteiger partial charge < -0.3 is 4.74 Å². The van der Waals surface area contributed by atoms with Gasteiger partial charge in [-0.2, -0.15) is 5.10 Å². The summed E-state index contributed by atoms with van der Waals surface area (Å²) in [6.45, 7) is 7.45. The van der Waals surface area contributed by atoms with Crippen molar-refractivity contribution in [2.75, 3.05) is 26.3 Å². The van der Waals surface area contributed by atoms with Gasteiger partial charge in [-0.3, -0.25) is 10.00 Å². The van der Waals surface area contributed by atoms with E-state index in [2.05, 4.69) is 47.1 Å². The molecule has 0 aliphatic carbocycles. The summed E-state index contributed by atoms with van der Waals surface area (Å²) in [5.41, 5.74) is 5.03. The zero-order valence-electron chi connectivity index (χ0n) is 16.4. The van der Waals surface area contributed by atoms with Gasteiger partial charge >= 0.3 is 0 Å². The molecule has 1 atom stereocenters. The van der Waals surface area contributed by atoms with E-state index in [4.69, 9.17) is 4.74 Å². The highest BCUT2D eigenvalue weighted by molar-refractivity contribution is 5.70. The Hall–Kier alpha value is -2.50. The molecule has 28 heavy (non-hydrogen) atoms. The molecular weight excluding hydrogens is 353 g/mol. The lowest BCUT2D eigenvalue weighted by atomic mass is 9.88. The standard InChI is InChI=1S/C23H26FN3O/c1-16(2)19-8-7-17(13-21(19)20-5-3-4-6-22(20)24)23(18-14-25-26-15-18)27-9-11-28-12-10-27/h3-8,13-16,23H,9-12H2,1-2H3,(H,25,26). The van der Waals surface area contributed by atoms with E-state index in [0.29, 0.717) is 11.5 Å². The lowest BCUT2D eigenvalue weighted by Crippen LogP contribution is -2.39. The van der Waals surface area contributed by atoms with Crippen LogP contribution in [0.1, 0.15) is 42.5 Å². The van der Waals surface area contributed by atoms with Crippen molar-refractivity contribution in [3.8, 4) is 11.1 Å². The average molecular weight is 379 g/mol. The third kappa shape index (κ3) is 3.73. The fourth-order valence-electron chi connectivity index (χ4n) is 4.02. The Morgan fingerprint density at radius 3 is 2.50 bits per heavy atom. The number of hydrogen-bond acceptors (Lipinski definition) is 3. The number of benzene rings is 2. The number of aromatic nitrogens is 2. The summed E-state index contributed by atoms with van der Waals surface area (Å²) in [7, 11) is 0. The molecule has 0 amide bonds.